The summed E-state index contributed by atoms with van der Waals surface area (Å²) in [6, 6.07) is 0.390. The van der Waals surface area contributed by atoms with E-state index in [0.29, 0.717) is 12.1 Å². The van der Waals surface area contributed by atoms with Crippen LogP contribution in [0.15, 0.2) is 4.99 Å². The Hall–Kier alpha value is -1.30. The minimum absolute atomic E-state index is 0.0142. The monoisotopic (exact) mass is 338 g/mol. The molecule has 0 aromatic heterocycles. The predicted octanol–water partition coefficient (Wildman–Crippen LogP) is 1.76. The van der Waals surface area contributed by atoms with Crippen molar-refractivity contribution in [1.82, 2.24) is 15.5 Å². The fraction of sp³-hybridized carbons (Fsp3) is 0.889. The number of nitrogens with zero attached hydrogens (tertiary/aromatic N) is 2. The fourth-order valence-electron chi connectivity index (χ4n) is 4.04. The van der Waals surface area contributed by atoms with Gasteiger partial charge in [-0.3, -0.25) is 4.79 Å². The van der Waals surface area contributed by atoms with E-state index in [9.17, 15) is 4.79 Å². The molecule has 2 aliphatic rings. The van der Waals surface area contributed by atoms with Crippen LogP contribution in [0.3, 0.4) is 0 Å². The minimum Gasteiger partial charge on any atom is -0.378 e. The van der Waals surface area contributed by atoms with E-state index in [2.05, 4.69) is 22.5 Å². The van der Waals surface area contributed by atoms with Gasteiger partial charge in [-0.25, -0.2) is 4.99 Å². The lowest BCUT2D eigenvalue weighted by Crippen LogP contribution is -2.66. The van der Waals surface area contributed by atoms with Gasteiger partial charge in [-0.1, -0.05) is 19.3 Å². The highest BCUT2D eigenvalue weighted by Gasteiger charge is 2.55. The van der Waals surface area contributed by atoms with E-state index in [-0.39, 0.29) is 17.9 Å². The maximum absolute atomic E-state index is 11.8. The molecule has 0 aromatic rings. The van der Waals surface area contributed by atoms with Crippen LogP contribution in [0, 0.1) is 5.41 Å². The number of rotatable bonds is 6. The number of aliphatic imine (C=N–C) groups is 1. The molecule has 2 atom stereocenters. The van der Waals surface area contributed by atoms with Gasteiger partial charge in [-0.2, -0.15) is 0 Å². The van der Waals surface area contributed by atoms with Crippen molar-refractivity contribution in [3.05, 3.63) is 0 Å². The third-order valence-corrected chi connectivity index (χ3v) is 5.46. The second-order valence-electron chi connectivity index (χ2n) is 7.15. The highest BCUT2D eigenvalue weighted by Crippen LogP contribution is 2.53. The second-order valence-corrected chi connectivity index (χ2v) is 7.15. The van der Waals surface area contributed by atoms with Gasteiger partial charge in [-0.15, -0.1) is 0 Å². The summed E-state index contributed by atoms with van der Waals surface area (Å²) in [6.45, 7) is 5.87. The van der Waals surface area contributed by atoms with Crippen molar-refractivity contribution in [1.29, 1.82) is 0 Å². The van der Waals surface area contributed by atoms with Crippen LogP contribution >= 0.6 is 0 Å². The second kappa shape index (κ2) is 8.70. The van der Waals surface area contributed by atoms with E-state index < -0.39 is 0 Å². The molecule has 6 nitrogen and oxygen atoms in total. The molecule has 0 radical (unpaired) electrons. The summed E-state index contributed by atoms with van der Waals surface area (Å²) in [6.07, 6.45) is 7.75. The average Bonchev–Trinajstić information content (AvgIpc) is 2.59. The summed E-state index contributed by atoms with van der Waals surface area (Å²) in [5, 5.41) is 6.86. The van der Waals surface area contributed by atoms with Gasteiger partial charge in [0, 0.05) is 38.7 Å². The summed E-state index contributed by atoms with van der Waals surface area (Å²) < 4.78 is 6.01. The van der Waals surface area contributed by atoms with Crippen LogP contribution in [0.1, 0.15) is 52.4 Å². The normalized spacial score (nSPS) is 25.9. The Labute approximate surface area is 146 Å². The number of carbonyl (C=O) groups excluding carboxylic acids is 1. The minimum atomic E-state index is 0.0142. The van der Waals surface area contributed by atoms with E-state index >= 15 is 0 Å². The number of guanidine groups is 1. The van der Waals surface area contributed by atoms with Crippen molar-refractivity contribution < 1.29 is 9.53 Å². The Morgan fingerprint density at radius 2 is 1.96 bits per heavy atom. The number of ether oxygens (including phenoxy) is 1. The lowest BCUT2D eigenvalue weighted by molar-refractivity contribution is -0.145. The zero-order valence-corrected chi connectivity index (χ0v) is 15.7. The van der Waals surface area contributed by atoms with E-state index in [1.165, 1.54) is 32.1 Å². The van der Waals surface area contributed by atoms with Gasteiger partial charge in [0.05, 0.1) is 6.10 Å². The van der Waals surface area contributed by atoms with Crippen LogP contribution in [0.25, 0.3) is 0 Å². The van der Waals surface area contributed by atoms with Crippen LogP contribution in [0.2, 0.25) is 0 Å². The smallest absolute Gasteiger partial charge is 0.243 e. The van der Waals surface area contributed by atoms with Crippen LogP contribution in [-0.2, 0) is 9.53 Å². The van der Waals surface area contributed by atoms with Gasteiger partial charge >= 0.3 is 0 Å². The molecule has 0 aromatic carbocycles. The first kappa shape index (κ1) is 19.0. The molecule has 1 spiro atoms. The van der Waals surface area contributed by atoms with Crippen molar-refractivity contribution in [2.75, 3.05) is 33.8 Å². The van der Waals surface area contributed by atoms with Crippen molar-refractivity contribution in [3.8, 4) is 0 Å². The van der Waals surface area contributed by atoms with E-state index in [1.54, 1.807) is 19.0 Å². The Bertz CT molecular complexity index is 444. The van der Waals surface area contributed by atoms with E-state index in [1.807, 2.05) is 6.92 Å². The predicted molar refractivity (Wildman–Crippen MR) is 97.1 cm³/mol. The van der Waals surface area contributed by atoms with Crippen molar-refractivity contribution in [2.45, 2.75) is 64.5 Å². The maximum atomic E-state index is 11.8. The third kappa shape index (κ3) is 4.21. The first-order chi connectivity index (χ1) is 11.5. The molecular formula is C18H34N4O2. The van der Waals surface area contributed by atoms with Gasteiger partial charge in [0.15, 0.2) is 5.96 Å². The van der Waals surface area contributed by atoms with Gasteiger partial charge in [0.1, 0.15) is 6.54 Å². The van der Waals surface area contributed by atoms with Crippen LogP contribution in [-0.4, -0.2) is 62.7 Å². The quantitative estimate of drug-likeness (QED) is 0.572. The Kier molecular flexibility index (Phi) is 6.90. The molecule has 0 aliphatic heterocycles. The lowest BCUT2D eigenvalue weighted by Gasteiger charge is -2.57. The molecule has 2 unspecified atom stereocenters. The Morgan fingerprint density at radius 1 is 1.25 bits per heavy atom. The summed E-state index contributed by atoms with van der Waals surface area (Å²) in [5.74, 6) is 0.762. The molecule has 6 heteroatoms. The van der Waals surface area contributed by atoms with Gasteiger partial charge in [-0.05, 0) is 33.1 Å². The topological polar surface area (TPSA) is 66.0 Å². The molecule has 1 amide bonds. The average molecular weight is 338 g/mol. The SMILES string of the molecule is CCNC(=NCC(=O)N(C)C)NC1CC(OCC)C12CCCCC2. The molecule has 2 fully saturated rings. The van der Waals surface area contributed by atoms with Gasteiger partial charge in [0.2, 0.25) is 5.91 Å². The highest BCUT2D eigenvalue weighted by atomic mass is 16.5. The van der Waals surface area contributed by atoms with Crippen LogP contribution in [0.5, 0.6) is 0 Å². The van der Waals surface area contributed by atoms with Crippen molar-refractivity contribution >= 4 is 11.9 Å². The van der Waals surface area contributed by atoms with E-state index in [4.69, 9.17) is 4.74 Å². The zero-order chi connectivity index (χ0) is 17.6. The number of hydrogen-bond acceptors (Lipinski definition) is 3. The Balaban J connectivity index is 2.02. The molecule has 0 heterocycles. The molecule has 0 saturated heterocycles. The number of carbonyl (C=O) groups is 1. The molecule has 2 saturated carbocycles. The highest BCUT2D eigenvalue weighted by molar-refractivity contribution is 5.85. The molecule has 0 bridgehead atoms. The fourth-order valence-corrected chi connectivity index (χ4v) is 4.04. The van der Waals surface area contributed by atoms with Crippen LogP contribution in [0.4, 0.5) is 0 Å². The number of nitrogens with one attached hydrogen (secondary N) is 2. The summed E-state index contributed by atoms with van der Waals surface area (Å²) >= 11 is 0. The first-order valence-electron chi connectivity index (χ1n) is 9.40. The third-order valence-electron chi connectivity index (χ3n) is 5.46. The van der Waals surface area contributed by atoms with Crippen molar-refractivity contribution in [2.24, 2.45) is 10.4 Å². The van der Waals surface area contributed by atoms with Gasteiger partial charge in [0.25, 0.3) is 0 Å². The lowest BCUT2D eigenvalue weighted by atomic mass is 9.55. The largest absolute Gasteiger partial charge is 0.378 e. The first-order valence-corrected chi connectivity index (χ1v) is 9.40. The van der Waals surface area contributed by atoms with E-state index in [0.717, 1.165) is 25.5 Å². The van der Waals surface area contributed by atoms with Gasteiger partial charge < -0.3 is 20.3 Å². The molecule has 138 valence electrons. The number of hydrogen-bond donors (Lipinski definition) is 2. The summed E-state index contributed by atoms with van der Waals surface area (Å²) in [4.78, 5) is 17.8. The summed E-state index contributed by atoms with van der Waals surface area (Å²) in [5.41, 5.74) is 0.246. The van der Waals surface area contributed by atoms with Crippen molar-refractivity contribution in [3.63, 3.8) is 0 Å². The Morgan fingerprint density at radius 3 is 2.54 bits per heavy atom. The zero-order valence-electron chi connectivity index (χ0n) is 15.7. The van der Waals surface area contributed by atoms with Crippen LogP contribution < -0.4 is 10.6 Å². The maximum Gasteiger partial charge on any atom is 0.243 e. The number of likely N-dealkylation sites (N-methyl/N-ethyl adjacent to an activating group) is 1. The molecule has 2 rings (SSSR count). The molecule has 2 N–H and O–H groups in total. The molecule has 2 aliphatic carbocycles. The molecular weight excluding hydrogens is 304 g/mol. The standard InChI is InChI=1S/C18H34N4O2/c1-5-19-17(20-13-16(23)22(3)4)21-14-12-15(24-6-2)18(14)10-8-7-9-11-18/h14-15H,5-13H2,1-4H3,(H2,19,20,21). The molecule has 24 heavy (non-hydrogen) atoms. The summed E-state index contributed by atoms with van der Waals surface area (Å²) in [7, 11) is 3.52. The number of amides is 1.